The average molecular weight is 386 g/mol. The fourth-order valence-corrected chi connectivity index (χ4v) is 2.94. The Morgan fingerprint density at radius 1 is 1.15 bits per heavy atom. The zero-order valence-electron chi connectivity index (χ0n) is 15.3. The molecule has 1 aromatic heterocycles. The highest BCUT2D eigenvalue weighted by molar-refractivity contribution is 5.94. The van der Waals surface area contributed by atoms with Crippen molar-refractivity contribution < 1.29 is 4.79 Å². The molecule has 0 atom stereocenters. The van der Waals surface area contributed by atoms with E-state index in [0.717, 1.165) is 17.7 Å². The average Bonchev–Trinajstić information content (AvgIpc) is 3.19. The molecular weight excluding hydrogens is 362 g/mol. The summed E-state index contributed by atoms with van der Waals surface area (Å²) in [5, 5.41) is 4.14. The van der Waals surface area contributed by atoms with Crippen LogP contribution >= 0.6 is 12.4 Å². The van der Waals surface area contributed by atoms with Gasteiger partial charge < -0.3 is 10.6 Å². The Morgan fingerprint density at radius 3 is 2.56 bits per heavy atom. The summed E-state index contributed by atoms with van der Waals surface area (Å²) >= 11 is 0. The number of hydrogen-bond acceptors (Lipinski definition) is 4. The highest BCUT2D eigenvalue weighted by Gasteiger charge is 2.16. The molecule has 2 N–H and O–H groups in total. The van der Waals surface area contributed by atoms with Gasteiger partial charge in [0.05, 0.1) is 5.69 Å². The third-order valence-corrected chi connectivity index (χ3v) is 4.31. The standard InChI is InChI=1S/C20H23N5O.ClH/c1-16-13-18(7-8-19(16)25-15-22-14-23-25)20(26)24(12-10-21)11-9-17-5-3-2-4-6-17;/h2-8,13-15H,9-12,21H2,1H3;1H. The zero-order valence-corrected chi connectivity index (χ0v) is 16.1. The Balaban J connectivity index is 0.00000261. The van der Waals surface area contributed by atoms with E-state index in [1.165, 1.54) is 11.9 Å². The molecule has 0 saturated carbocycles. The maximum absolute atomic E-state index is 12.9. The lowest BCUT2D eigenvalue weighted by Gasteiger charge is -2.22. The highest BCUT2D eigenvalue weighted by Crippen LogP contribution is 2.16. The number of rotatable bonds is 7. The Morgan fingerprint density at radius 2 is 1.93 bits per heavy atom. The van der Waals surface area contributed by atoms with Gasteiger partial charge in [-0.25, -0.2) is 9.67 Å². The minimum atomic E-state index is -0.000351. The van der Waals surface area contributed by atoms with Gasteiger partial charge in [-0.3, -0.25) is 4.79 Å². The number of nitrogens with zero attached hydrogens (tertiary/aromatic N) is 4. The van der Waals surface area contributed by atoms with E-state index in [1.54, 1.807) is 11.0 Å². The van der Waals surface area contributed by atoms with Crippen LogP contribution in [0.2, 0.25) is 0 Å². The Labute approximate surface area is 165 Å². The largest absolute Gasteiger partial charge is 0.337 e. The molecular formula is C20H24ClN5O. The Kier molecular flexibility index (Phi) is 7.52. The number of carbonyl (C=O) groups is 1. The summed E-state index contributed by atoms with van der Waals surface area (Å²) in [5.41, 5.74) is 9.47. The molecule has 0 bridgehead atoms. The minimum Gasteiger partial charge on any atom is -0.337 e. The first kappa shape index (κ1) is 20.6. The first-order chi connectivity index (χ1) is 12.7. The van der Waals surface area contributed by atoms with Crippen LogP contribution in [0.25, 0.3) is 5.69 Å². The van der Waals surface area contributed by atoms with Crippen molar-refractivity contribution in [1.29, 1.82) is 0 Å². The van der Waals surface area contributed by atoms with E-state index in [0.29, 0.717) is 25.2 Å². The van der Waals surface area contributed by atoms with Crippen LogP contribution in [0.5, 0.6) is 0 Å². The van der Waals surface area contributed by atoms with Crippen LogP contribution < -0.4 is 5.73 Å². The zero-order chi connectivity index (χ0) is 18.4. The van der Waals surface area contributed by atoms with Crippen molar-refractivity contribution in [1.82, 2.24) is 19.7 Å². The topological polar surface area (TPSA) is 77.0 Å². The molecule has 3 aromatic rings. The van der Waals surface area contributed by atoms with Gasteiger partial charge in [0, 0.05) is 25.2 Å². The van der Waals surface area contributed by atoms with E-state index < -0.39 is 0 Å². The second-order valence-corrected chi connectivity index (χ2v) is 6.16. The molecule has 0 fully saturated rings. The monoisotopic (exact) mass is 385 g/mol. The van der Waals surface area contributed by atoms with Gasteiger partial charge in [-0.2, -0.15) is 5.10 Å². The van der Waals surface area contributed by atoms with Crippen molar-refractivity contribution >= 4 is 18.3 Å². The van der Waals surface area contributed by atoms with Gasteiger partial charge in [0.1, 0.15) is 12.7 Å². The smallest absolute Gasteiger partial charge is 0.253 e. The molecule has 1 amide bonds. The number of benzene rings is 2. The highest BCUT2D eigenvalue weighted by atomic mass is 35.5. The number of aromatic nitrogens is 3. The van der Waals surface area contributed by atoms with Crippen LogP contribution in [0.1, 0.15) is 21.5 Å². The van der Waals surface area contributed by atoms with Crippen LogP contribution in [0.4, 0.5) is 0 Å². The predicted octanol–water partition coefficient (Wildman–Crippen LogP) is 2.64. The van der Waals surface area contributed by atoms with E-state index in [9.17, 15) is 4.79 Å². The normalized spacial score (nSPS) is 10.3. The summed E-state index contributed by atoms with van der Waals surface area (Å²) in [6.07, 6.45) is 3.94. The van der Waals surface area contributed by atoms with Crippen LogP contribution in [0.15, 0.2) is 61.2 Å². The van der Waals surface area contributed by atoms with Gasteiger partial charge in [-0.15, -0.1) is 12.4 Å². The molecule has 0 aliphatic carbocycles. The fourth-order valence-electron chi connectivity index (χ4n) is 2.94. The second-order valence-electron chi connectivity index (χ2n) is 6.16. The maximum atomic E-state index is 12.9. The third kappa shape index (κ3) is 5.15. The molecule has 142 valence electrons. The molecule has 0 saturated heterocycles. The molecule has 0 radical (unpaired) electrons. The summed E-state index contributed by atoms with van der Waals surface area (Å²) in [4.78, 5) is 18.7. The van der Waals surface area contributed by atoms with Crippen LogP contribution in [-0.4, -0.2) is 45.2 Å². The third-order valence-electron chi connectivity index (χ3n) is 4.31. The molecule has 1 heterocycles. The van der Waals surface area contributed by atoms with Gasteiger partial charge in [-0.05, 0) is 42.7 Å². The Bertz CT molecular complexity index is 852. The van der Waals surface area contributed by atoms with Crippen molar-refractivity contribution in [3.8, 4) is 5.69 Å². The molecule has 0 aliphatic rings. The van der Waals surface area contributed by atoms with Gasteiger partial charge in [0.15, 0.2) is 0 Å². The summed E-state index contributed by atoms with van der Waals surface area (Å²) in [7, 11) is 0. The van der Waals surface area contributed by atoms with E-state index >= 15 is 0 Å². The summed E-state index contributed by atoms with van der Waals surface area (Å²) in [5.74, 6) is -0.000351. The van der Waals surface area contributed by atoms with Gasteiger partial charge in [-0.1, -0.05) is 30.3 Å². The van der Waals surface area contributed by atoms with E-state index in [1.807, 2.05) is 48.2 Å². The first-order valence-corrected chi connectivity index (χ1v) is 8.68. The lowest BCUT2D eigenvalue weighted by Crippen LogP contribution is -2.37. The van der Waals surface area contributed by atoms with Crippen LogP contribution in [-0.2, 0) is 6.42 Å². The minimum absolute atomic E-state index is 0. The second kappa shape index (κ2) is 9.85. The quantitative estimate of drug-likeness (QED) is 0.678. The van der Waals surface area contributed by atoms with Crippen molar-refractivity contribution in [2.75, 3.05) is 19.6 Å². The van der Waals surface area contributed by atoms with Gasteiger partial charge in [0.25, 0.3) is 5.91 Å². The summed E-state index contributed by atoms with van der Waals surface area (Å²) in [6.45, 7) is 3.58. The van der Waals surface area contributed by atoms with E-state index in [-0.39, 0.29) is 18.3 Å². The number of carbonyl (C=O) groups excluding carboxylic acids is 1. The predicted molar refractivity (Wildman–Crippen MR) is 108 cm³/mol. The van der Waals surface area contributed by atoms with Crippen molar-refractivity contribution in [3.05, 3.63) is 77.9 Å². The van der Waals surface area contributed by atoms with E-state index in [2.05, 4.69) is 22.2 Å². The molecule has 0 spiro atoms. The SMILES string of the molecule is Cc1cc(C(=O)N(CCN)CCc2ccccc2)ccc1-n1cncn1.Cl. The number of aryl methyl sites for hydroxylation is 1. The molecule has 27 heavy (non-hydrogen) atoms. The molecule has 0 aliphatic heterocycles. The van der Waals surface area contributed by atoms with Crippen LogP contribution in [0.3, 0.4) is 0 Å². The maximum Gasteiger partial charge on any atom is 0.253 e. The lowest BCUT2D eigenvalue weighted by molar-refractivity contribution is 0.0762. The van der Waals surface area contributed by atoms with Crippen molar-refractivity contribution in [2.24, 2.45) is 5.73 Å². The lowest BCUT2D eigenvalue weighted by atomic mass is 10.1. The van der Waals surface area contributed by atoms with Crippen molar-refractivity contribution in [3.63, 3.8) is 0 Å². The first-order valence-electron chi connectivity index (χ1n) is 8.68. The fraction of sp³-hybridized carbons (Fsp3) is 0.250. The summed E-state index contributed by atoms with van der Waals surface area (Å²) in [6, 6.07) is 15.8. The number of nitrogens with two attached hydrogens (primary N) is 1. The number of halogens is 1. The van der Waals surface area contributed by atoms with Gasteiger partial charge in [0.2, 0.25) is 0 Å². The molecule has 3 rings (SSSR count). The summed E-state index contributed by atoms with van der Waals surface area (Å²) < 4.78 is 1.69. The molecule has 0 unspecified atom stereocenters. The van der Waals surface area contributed by atoms with Crippen molar-refractivity contribution in [2.45, 2.75) is 13.3 Å². The van der Waals surface area contributed by atoms with Gasteiger partial charge >= 0.3 is 0 Å². The number of amides is 1. The molecule has 7 heteroatoms. The van der Waals surface area contributed by atoms with Crippen LogP contribution in [0, 0.1) is 6.92 Å². The van der Waals surface area contributed by atoms with E-state index in [4.69, 9.17) is 5.73 Å². The molecule has 6 nitrogen and oxygen atoms in total. The Hall–Kier alpha value is -2.70. The molecule has 2 aromatic carbocycles. The number of hydrogen-bond donors (Lipinski definition) is 1.